The summed E-state index contributed by atoms with van der Waals surface area (Å²) in [5.74, 6) is 0. The van der Waals surface area contributed by atoms with Crippen molar-refractivity contribution in [1.82, 2.24) is 0 Å². The van der Waals surface area contributed by atoms with Gasteiger partial charge in [0.2, 0.25) is 0 Å². The molecule has 0 radical (unpaired) electrons. The van der Waals surface area contributed by atoms with Crippen LogP contribution in [0.2, 0.25) is 0 Å². The average molecular weight is 249 g/mol. The van der Waals surface area contributed by atoms with E-state index in [0.717, 1.165) is 15.3 Å². The van der Waals surface area contributed by atoms with Crippen LogP contribution in [0.5, 0.6) is 0 Å². The monoisotopic (exact) mass is 249 g/mol. The molecule has 4 heteroatoms. The number of hydrogen-bond donors (Lipinski definition) is 3. The molecule has 1 aromatic heterocycles. The van der Waals surface area contributed by atoms with Gasteiger partial charge in [0.1, 0.15) is 6.10 Å². The van der Waals surface area contributed by atoms with Gasteiger partial charge in [0.05, 0.1) is 6.10 Å². The highest BCUT2D eigenvalue weighted by Crippen LogP contribution is 2.32. The lowest BCUT2D eigenvalue weighted by Crippen LogP contribution is -2.26. The third-order valence-corrected chi connectivity index (χ3v) is 3.79. The highest BCUT2D eigenvalue weighted by molar-refractivity contribution is 7.15. The third-order valence-electron chi connectivity index (χ3n) is 2.58. The topological polar surface area (TPSA) is 66.5 Å². The largest absolute Gasteiger partial charge is 0.389 e. The van der Waals surface area contributed by atoms with Crippen molar-refractivity contribution in [2.24, 2.45) is 5.73 Å². The standard InChI is InChI=1S/C13H15NO2S/c14-8-10(15)13(16)12-7-6-11(17-12)9-4-2-1-3-5-9/h1-7,10,13,15-16H,8,14H2. The second-order valence-corrected chi connectivity index (χ2v) is 4.93. The third kappa shape index (κ3) is 2.73. The summed E-state index contributed by atoms with van der Waals surface area (Å²) in [5, 5.41) is 19.3. The zero-order chi connectivity index (χ0) is 12.3. The molecule has 1 aromatic carbocycles. The van der Waals surface area contributed by atoms with Crippen LogP contribution in [0, 0.1) is 0 Å². The number of nitrogens with two attached hydrogens (primary N) is 1. The molecule has 0 spiro atoms. The van der Waals surface area contributed by atoms with Crippen LogP contribution in [0.3, 0.4) is 0 Å². The van der Waals surface area contributed by atoms with Crippen molar-refractivity contribution in [2.45, 2.75) is 12.2 Å². The minimum absolute atomic E-state index is 0.0553. The van der Waals surface area contributed by atoms with Gasteiger partial charge in [-0.1, -0.05) is 30.3 Å². The predicted octanol–water partition coefficient (Wildman–Crippen LogP) is 1.77. The van der Waals surface area contributed by atoms with Crippen molar-refractivity contribution in [3.8, 4) is 10.4 Å². The van der Waals surface area contributed by atoms with Gasteiger partial charge in [0.15, 0.2) is 0 Å². The van der Waals surface area contributed by atoms with Crippen molar-refractivity contribution >= 4 is 11.3 Å². The molecule has 0 saturated carbocycles. The fourth-order valence-electron chi connectivity index (χ4n) is 1.59. The van der Waals surface area contributed by atoms with Crippen LogP contribution in [-0.4, -0.2) is 22.9 Å². The van der Waals surface area contributed by atoms with Crippen LogP contribution < -0.4 is 5.73 Å². The zero-order valence-electron chi connectivity index (χ0n) is 9.28. The molecule has 0 saturated heterocycles. The molecule has 0 aliphatic rings. The second kappa shape index (κ2) is 5.42. The lowest BCUT2D eigenvalue weighted by Gasteiger charge is -2.13. The molecule has 2 atom stereocenters. The molecular formula is C13H15NO2S. The maximum absolute atomic E-state index is 9.83. The molecule has 0 fully saturated rings. The Bertz CT molecular complexity index is 469. The summed E-state index contributed by atoms with van der Waals surface area (Å²) in [6.07, 6.45) is -1.81. The first-order valence-electron chi connectivity index (χ1n) is 5.43. The summed E-state index contributed by atoms with van der Waals surface area (Å²) >= 11 is 1.47. The Morgan fingerprint density at radius 3 is 2.41 bits per heavy atom. The molecule has 3 nitrogen and oxygen atoms in total. The van der Waals surface area contributed by atoms with Gasteiger partial charge in [-0.25, -0.2) is 0 Å². The maximum atomic E-state index is 9.83. The van der Waals surface area contributed by atoms with E-state index in [2.05, 4.69) is 0 Å². The van der Waals surface area contributed by atoms with Crippen LogP contribution in [-0.2, 0) is 0 Å². The van der Waals surface area contributed by atoms with Crippen LogP contribution in [0.15, 0.2) is 42.5 Å². The first-order valence-corrected chi connectivity index (χ1v) is 6.25. The summed E-state index contributed by atoms with van der Waals surface area (Å²) in [4.78, 5) is 1.81. The minimum atomic E-state index is -0.905. The van der Waals surface area contributed by atoms with Crippen molar-refractivity contribution in [2.75, 3.05) is 6.54 Å². The number of hydrogen-bond acceptors (Lipinski definition) is 4. The average Bonchev–Trinajstić information content (AvgIpc) is 2.87. The van der Waals surface area contributed by atoms with E-state index in [0.29, 0.717) is 0 Å². The van der Waals surface area contributed by atoms with Crippen LogP contribution >= 0.6 is 11.3 Å². The molecule has 2 rings (SSSR count). The Hall–Kier alpha value is -1.20. The summed E-state index contributed by atoms with van der Waals surface area (Å²) in [7, 11) is 0. The van der Waals surface area contributed by atoms with Gasteiger partial charge in [-0.15, -0.1) is 11.3 Å². The smallest absolute Gasteiger partial charge is 0.115 e. The van der Waals surface area contributed by atoms with Gasteiger partial charge in [-0.3, -0.25) is 0 Å². The first kappa shape index (κ1) is 12.3. The molecule has 0 aliphatic carbocycles. The SMILES string of the molecule is NCC(O)C(O)c1ccc(-c2ccccc2)s1. The van der Waals surface area contributed by atoms with Crippen molar-refractivity contribution < 1.29 is 10.2 Å². The Morgan fingerprint density at radius 2 is 1.76 bits per heavy atom. The Kier molecular flexibility index (Phi) is 3.91. The zero-order valence-corrected chi connectivity index (χ0v) is 10.1. The number of aliphatic hydroxyl groups is 2. The van der Waals surface area contributed by atoms with E-state index in [-0.39, 0.29) is 6.54 Å². The molecule has 1 heterocycles. The molecule has 90 valence electrons. The molecule has 17 heavy (non-hydrogen) atoms. The Morgan fingerprint density at radius 1 is 1.06 bits per heavy atom. The maximum Gasteiger partial charge on any atom is 0.115 e. The molecule has 0 aliphatic heterocycles. The molecule has 2 unspecified atom stereocenters. The Balaban J connectivity index is 2.22. The van der Waals surface area contributed by atoms with Crippen LogP contribution in [0.25, 0.3) is 10.4 Å². The van der Waals surface area contributed by atoms with Gasteiger partial charge in [-0.2, -0.15) is 0 Å². The number of benzene rings is 1. The van der Waals surface area contributed by atoms with E-state index in [1.807, 2.05) is 42.5 Å². The van der Waals surface area contributed by atoms with Gasteiger partial charge < -0.3 is 15.9 Å². The van der Waals surface area contributed by atoms with E-state index in [4.69, 9.17) is 5.73 Å². The fourth-order valence-corrected chi connectivity index (χ4v) is 2.65. The normalized spacial score (nSPS) is 14.5. The number of aliphatic hydroxyl groups excluding tert-OH is 2. The lowest BCUT2D eigenvalue weighted by molar-refractivity contribution is 0.0265. The van der Waals surface area contributed by atoms with E-state index in [1.54, 1.807) is 0 Å². The molecule has 0 amide bonds. The fraction of sp³-hybridized carbons (Fsp3) is 0.231. The summed E-state index contributed by atoms with van der Waals surface area (Å²) in [6, 6.07) is 13.7. The molecule has 2 aromatic rings. The van der Waals surface area contributed by atoms with Crippen LogP contribution in [0.4, 0.5) is 0 Å². The lowest BCUT2D eigenvalue weighted by atomic mass is 10.1. The quantitative estimate of drug-likeness (QED) is 0.773. The van der Waals surface area contributed by atoms with Gasteiger partial charge in [0.25, 0.3) is 0 Å². The molecule has 4 N–H and O–H groups in total. The summed E-state index contributed by atoms with van der Waals surface area (Å²) < 4.78 is 0. The minimum Gasteiger partial charge on any atom is -0.389 e. The van der Waals surface area contributed by atoms with E-state index >= 15 is 0 Å². The predicted molar refractivity (Wildman–Crippen MR) is 69.8 cm³/mol. The van der Waals surface area contributed by atoms with Crippen molar-refractivity contribution in [1.29, 1.82) is 0 Å². The van der Waals surface area contributed by atoms with Crippen molar-refractivity contribution in [3.63, 3.8) is 0 Å². The first-order chi connectivity index (χ1) is 8.22. The van der Waals surface area contributed by atoms with Gasteiger partial charge in [-0.05, 0) is 17.7 Å². The molecular weight excluding hydrogens is 234 g/mol. The molecule has 0 bridgehead atoms. The van der Waals surface area contributed by atoms with Gasteiger partial charge in [0, 0.05) is 16.3 Å². The number of rotatable bonds is 4. The van der Waals surface area contributed by atoms with E-state index < -0.39 is 12.2 Å². The number of thiophene rings is 1. The highest BCUT2D eigenvalue weighted by atomic mass is 32.1. The van der Waals surface area contributed by atoms with Crippen LogP contribution in [0.1, 0.15) is 11.0 Å². The second-order valence-electron chi connectivity index (χ2n) is 3.82. The summed E-state index contributed by atoms with van der Waals surface area (Å²) in [5.41, 5.74) is 6.43. The van der Waals surface area contributed by atoms with E-state index in [1.165, 1.54) is 11.3 Å². The highest BCUT2D eigenvalue weighted by Gasteiger charge is 2.18. The van der Waals surface area contributed by atoms with Crippen molar-refractivity contribution in [3.05, 3.63) is 47.3 Å². The van der Waals surface area contributed by atoms with E-state index in [9.17, 15) is 10.2 Å². The van der Waals surface area contributed by atoms with Gasteiger partial charge >= 0.3 is 0 Å². The Labute approximate surface area is 104 Å². The summed E-state index contributed by atoms with van der Waals surface area (Å²) in [6.45, 7) is 0.0553.